The summed E-state index contributed by atoms with van der Waals surface area (Å²) in [6.45, 7) is 2.83. The van der Waals surface area contributed by atoms with Gasteiger partial charge in [-0.2, -0.15) is 5.10 Å². The summed E-state index contributed by atoms with van der Waals surface area (Å²) in [5.74, 6) is 0.465. The fraction of sp³-hybridized carbons (Fsp3) is 0.357. The molecule has 0 bridgehead atoms. The van der Waals surface area contributed by atoms with Crippen LogP contribution in [0.1, 0.15) is 29.2 Å². The molecule has 1 aromatic carbocycles. The Balaban J connectivity index is 2.15. The van der Waals surface area contributed by atoms with Crippen LogP contribution in [0.3, 0.4) is 0 Å². The Morgan fingerprint density at radius 1 is 1.41 bits per heavy atom. The van der Waals surface area contributed by atoms with Gasteiger partial charge < -0.3 is 5.73 Å². The lowest BCUT2D eigenvalue weighted by atomic mass is 10.1. The highest BCUT2D eigenvalue weighted by Crippen LogP contribution is 2.34. The molecule has 0 aliphatic heterocycles. The minimum absolute atomic E-state index is 0.465. The van der Waals surface area contributed by atoms with Crippen LogP contribution in [0.25, 0.3) is 5.69 Å². The molecule has 2 N–H and O–H groups in total. The molecule has 1 heterocycles. The fourth-order valence-electron chi connectivity index (χ4n) is 2.71. The van der Waals surface area contributed by atoms with Crippen molar-refractivity contribution < 1.29 is 0 Å². The minimum Gasteiger partial charge on any atom is -0.330 e. The first-order valence-corrected chi connectivity index (χ1v) is 6.14. The topological polar surface area (TPSA) is 43.8 Å². The van der Waals surface area contributed by atoms with Crippen molar-refractivity contribution in [1.82, 2.24) is 9.78 Å². The third-order valence-corrected chi connectivity index (χ3v) is 3.66. The van der Waals surface area contributed by atoms with Gasteiger partial charge in [-0.25, -0.2) is 4.68 Å². The summed E-state index contributed by atoms with van der Waals surface area (Å²) in [7, 11) is 0. The molecule has 2 aromatic rings. The molecule has 1 unspecified atom stereocenters. The molecular weight excluding hydrogens is 210 g/mol. The zero-order valence-electron chi connectivity index (χ0n) is 10.1. The van der Waals surface area contributed by atoms with E-state index in [-0.39, 0.29) is 0 Å². The monoisotopic (exact) mass is 227 g/mol. The zero-order chi connectivity index (χ0) is 11.8. The molecular formula is C14H17N3. The number of nitrogens with zero attached hydrogens (tertiary/aromatic N) is 2. The Kier molecular flexibility index (Phi) is 2.48. The molecule has 0 radical (unpaired) electrons. The van der Waals surface area contributed by atoms with Crippen molar-refractivity contribution in [2.75, 3.05) is 6.54 Å². The highest BCUT2D eigenvalue weighted by atomic mass is 15.3. The Morgan fingerprint density at radius 3 is 3.00 bits per heavy atom. The zero-order valence-corrected chi connectivity index (χ0v) is 10.1. The smallest absolute Gasteiger partial charge is 0.0678 e. The molecule has 17 heavy (non-hydrogen) atoms. The number of benzene rings is 1. The van der Waals surface area contributed by atoms with E-state index in [1.54, 1.807) is 0 Å². The molecule has 0 saturated carbocycles. The first kappa shape index (κ1) is 10.5. The van der Waals surface area contributed by atoms with E-state index in [0.717, 1.165) is 12.8 Å². The third-order valence-electron chi connectivity index (χ3n) is 3.66. The van der Waals surface area contributed by atoms with Crippen LogP contribution in [0.2, 0.25) is 0 Å². The van der Waals surface area contributed by atoms with Crippen molar-refractivity contribution in [1.29, 1.82) is 0 Å². The van der Waals surface area contributed by atoms with E-state index in [2.05, 4.69) is 41.0 Å². The van der Waals surface area contributed by atoms with Crippen LogP contribution in [-0.2, 0) is 6.42 Å². The summed E-state index contributed by atoms with van der Waals surface area (Å²) in [5, 5.41) is 4.53. The highest BCUT2D eigenvalue weighted by molar-refractivity contribution is 5.43. The van der Waals surface area contributed by atoms with Crippen LogP contribution in [0.4, 0.5) is 0 Å². The van der Waals surface area contributed by atoms with Gasteiger partial charge in [0.25, 0.3) is 0 Å². The van der Waals surface area contributed by atoms with Gasteiger partial charge >= 0.3 is 0 Å². The number of nitrogens with two attached hydrogens (primary N) is 1. The van der Waals surface area contributed by atoms with E-state index in [4.69, 9.17) is 5.73 Å². The summed E-state index contributed by atoms with van der Waals surface area (Å²) >= 11 is 0. The highest BCUT2D eigenvalue weighted by Gasteiger charge is 2.26. The van der Waals surface area contributed by atoms with Gasteiger partial charge in [-0.1, -0.05) is 18.2 Å². The average Bonchev–Trinajstić information content (AvgIpc) is 2.91. The Bertz CT molecular complexity index is 542. The lowest BCUT2D eigenvalue weighted by Crippen LogP contribution is -2.14. The van der Waals surface area contributed by atoms with Crippen molar-refractivity contribution in [3.05, 3.63) is 47.3 Å². The number of fused-ring (bicyclic) bond motifs is 1. The molecule has 1 aromatic heterocycles. The normalized spacial score (nSPS) is 18.4. The van der Waals surface area contributed by atoms with E-state index in [9.17, 15) is 0 Å². The van der Waals surface area contributed by atoms with Crippen molar-refractivity contribution in [3.8, 4) is 5.69 Å². The van der Waals surface area contributed by atoms with Crippen LogP contribution >= 0.6 is 0 Å². The van der Waals surface area contributed by atoms with Gasteiger partial charge in [0.05, 0.1) is 17.6 Å². The standard InChI is InChI=1S/C14H17N3/c1-10-4-2-3-5-13(10)17-14-11(8-15)6-7-12(14)9-16-17/h2-5,9,11H,6-8,15H2,1H3. The summed E-state index contributed by atoms with van der Waals surface area (Å²) in [6, 6.07) is 8.36. The number of aromatic nitrogens is 2. The van der Waals surface area contributed by atoms with E-state index < -0.39 is 0 Å². The van der Waals surface area contributed by atoms with E-state index >= 15 is 0 Å². The molecule has 0 spiro atoms. The van der Waals surface area contributed by atoms with Crippen LogP contribution in [-0.4, -0.2) is 16.3 Å². The second-order valence-corrected chi connectivity index (χ2v) is 4.72. The van der Waals surface area contributed by atoms with Crippen LogP contribution < -0.4 is 5.73 Å². The first-order chi connectivity index (χ1) is 8.31. The molecule has 1 atom stereocenters. The lowest BCUT2D eigenvalue weighted by Gasteiger charge is -2.13. The maximum Gasteiger partial charge on any atom is 0.0678 e. The van der Waals surface area contributed by atoms with Gasteiger partial charge in [-0.05, 0) is 37.0 Å². The van der Waals surface area contributed by atoms with Gasteiger partial charge in [-0.3, -0.25) is 0 Å². The summed E-state index contributed by atoms with van der Waals surface area (Å²) in [5.41, 5.74) is 11.0. The van der Waals surface area contributed by atoms with Gasteiger partial charge in [0.1, 0.15) is 0 Å². The third kappa shape index (κ3) is 1.58. The minimum atomic E-state index is 0.465. The Labute approximate surface area is 101 Å². The number of para-hydroxylation sites is 1. The largest absolute Gasteiger partial charge is 0.330 e. The van der Waals surface area contributed by atoms with Gasteiger partial charge in [0, 0.05) is 12.5 Å². The SMILES string of the molecule is Cc1ccccc1-n1ncc2c1C(CN)CC2. The maximum atomic E-state index is 5.85. The maximum absolute atomic E-state index is 5.85. The lowest BCUT2D eigenvalue weighted by molar-refractivity contribution is 0.636. The molecule has 1 aliphatic carbocycles. The fourth-order valence-corrected chi connectivity index (χ4v) is 2.71. The molecule has 3 heteroatoms. The quantitative estimate of drug-likeness (QED) is 0.854. The van der Waals surface area contributed by atoms with Gasteiger partial charge in [0.2, 0.25) is 0 Å². The van der Waals surface area contributed by atoms with Crippen molar-refractivity contribution >= 4 is 0 Å². The molecule has 88 valence electrons. The Hall–Kier alpha value is -1.61. The molecule has 3 nitrogen and oxygen atoms in total. The number of aryl methyl sites for hydroxylation is 2. The molecule has 0 amide bonds. The van der Waals surface area contributed by atoms with Crippen molar-refractivity contribution in [2.45, 2.75) is 25.7 Å². The van der Waals surface area contributed by atoms with Crippen LogP contribution in [0, 0.1) is 6.92 Å². The summed E-state index contributed by atoms with van der Waals surface area (Å²) in [4.78, 5) is 0. The molecule has 0 fully saturated rings. The predicted molar refractivity (Wildman–Crippen MR) is 68.4 cm³/mol. The van der Waals surface area contributed by atoms with Crippen LogP contribution in [0.15, 0.2) is 30.5 Å². The first-order valence-electron chi connectivity index (χ1n) is 6.14. The summed E-state index contributed by atoms with van der Waals surface area (Å²) < 4.78 is 2.08. The molecule has 1 aliphatic rings. The van der Waals surface area contributed by atoms with Gasteiger partial charge in [-0.15, -0.1) is 0 Å². The van der Waals surface area contributed by atoms with E-state index in [1.807, 2.05) is 6.20 Å². The Morgan fingerprint density at radius 2 is 2.24 bits per heavy atom. The molecule has 3 rings (SSSR count). The second kappa shape index (κ2) is 4.00. The average molecular weight is 227 g/mol. The van der Waals surface area contributed by atoms with Crippen molar-refractivity contribution in [3.63, 3.8) is 0 Å². The second-order valence-electron chi connectivity index (χ2n) is 4.72. The van der Waals surface area contributed by atoms with E-state index in [1.165, 1.54) is 22.5 Å². The molecule has 0 saturated heterocycles. The van der Waals surface area contributed by atoms with E-state index in [0.29, 0.717) is 12.5 Å². The van der Waals surface area contributed by atoms with Crippen LogP contribution in [0.5, 0.6) is 0 Å². The van der Waals surface area contributed by atoms with Crippen molar-refractivity contribution in [2.24, 2.45) is 5.73 Å². The predicted octanol–water partition coefficient (Wildman–Crippen LogP) is 2.17. The summed E-state index contributed by atoms with van der Waals surface area (Å²) in [6.07, 6.45) is 4.27. The number of hydrogen-bond donors (Lipinski definition) is 1. The number of rotatable bonds is 2. The number of hydrogen-bond acceptors (Lipinski definition) is 2. The van der Waals surface area contributed by atoms with Gasteiger partial charge in [0.15, 0.2) is 0 Å².